The summed E-state index contributed by atoms with van der Waals surface area (Å²) in [6, 6.07) is 11.1. The third-order valence-electron chi connectivity index (χ3n) is 2.86. The minimum Gasteiger partial charge on any atom is -0.381 e. The van der Waals surface area contributed by atoms with Gasteiger partial charge in [0.25, 0.3) is 0 Å². The zero-order valence-corrected chi connectivity index (χ0v) is 12.0. The third-order valence-corrected chi connectivity index (χ3v) is 3.72. The molecule has 94 valence electrons. The molecule has 0 bridgehead atoms. The van der Waals surface area contributed by atoms with Crippen LogP contribution >= 0.6 is 27.5 Å². The van der Waals surface area contributed by atoms with Gasteiger partial charge in [0, 0.05) is 15.1 Å². The average Bonchev–Trinajstić information content (AvgIpc) is 2.32. The average molecular weight is 330 g/mol. The second-order valence-corrected chi connectivity index (χ2v) is 5.53. The van der Waals surface area contributed by atoms with E-state index in [1.807, 2.05) is 12.1 Å². The molecule has 2 aromatic rings. The summed E-state index contributed by atoms with van der Waals surface area (Å²) in [7, 11) is 0. The summed E-state index contributed by atoms with van der Waals surface area (Å²) in [6.07, 6.45) is 0. The smallest absolute Gasteiger partial charge is 0.123 e. The molecule has 4 heteroatoms. The van der Waals surface area contributed by atoms with Gasteiger partial charge in [0.15, 0.2) is 0 Å². The molecule has 1 nitrogen and oxygen atoms in total. The van der Waals surface area contributed by atoms with Crippen molar-refractivity contribution in [1.82, 2.24) is 0 Å². The van der Waals surface area contributed by atoms with Crippen LogP contribution in [0.15, 0.2) is 46.9 Å². The van der Waals surface area contributed by atoms with Crippen LogP contribution in [0.3, 0.4) is 0 Å². The van der Waals surface area contributed by atoms with E-state index in [0.29, 0.717) is 16.1 Å². The van der Waals surface area contributed by atoms with Crippen molar-refractivity contribution in [3.63, 3.8) is 0 Å². The van der Waals surface area contributed by atoms with Crippen LogP contribution in [0, 0.1) is 5.82 Å². The standard InChI is InChI=1S/C14H11BrClFO/c1-14(18,9-2-4-10(15)5-3-9)12-8-11(17)6-7-13(12)16/h2-8,18H,1H3. The molecule has 2 aromatic carbocycles. The first-order chi connectivity index (χ1) is 8.41. The van der Waals surface area contributed by atoms with Crippen LogP contribution in [0.5, 0.6) is 0 Å². The van der Waals surface area contributed by atoms with E-state index in [1.165, 1.54) is 18.2 Å². The van der Waals surface area contributed by atoms with Crippen LogP contribution in [-0.4, -0.2) is 5.11 Å². The molecule has 1 N–H and O–H groups in total. The molecule has 0 radical (unpaired) electrons. The Labute approximate surface area is 118 Å². The Kier molecular flexibility index (Phi) is 3.76. The van der Waals surface area contributed by atoms with Gasteiger partial charge in [0.2, 0.25) is 0 Å². The lowest BCUT2D eigenvalue weighted by molar-refractivity contribution is 0.102. The SMILES string of the molecule is CC(O)(c1ccc(Br)cc1)c1cc(F)ccc1Cl. The van der Waals surface area contributed by atoms with Crippen molar-refractivity contribution in [3.8, 4) is 0 Å². The van der Waals surface area contributed by atoms with Crippen LogP contribution in [-0.2, 0) is 5.60 Å². The number of benzene rings is 2. The molecule has 0 aromatic heterocycles. The molecule has 0 aliphatic heterocycles. The summed E-state index contributed by atoms with van der Waals surface area (Å²) >= 11 is 9.35. The molecule has 1 unspecified atom stereocenters. The molecular weight excluding hydrogens is 319 g/mol. The summed E-state index contributed by atoms with van der Waals surface area (Å²) in [5, 5.41) is 10.9. The molecule has 0 spiro atoms. The van der Waals surface area contributed by atoms with Gasteiger partial charge in [-0.05, 0) is 42.8 Å². The van der Waals surface area contributed by atoms with Gasteiger partial charge in [-0.3, -0.25) is 0 Å². The Morgan fingerprint density at radius 2 is 1.78 bits per heavy atom. The molecule has 0 aliphatic rings. The van der Waals surface area contributed by atoms with E-state index in [2.05, 4.69) is 15.9 Å². The van der Waals surface area contributed by atoms with E-state index in [9.17, 15) is 9.50 Å². The van der Waals surface area contributed by atoms with Crippen LogP contribution in [0.1, 0.15) is 18.1 Å². The highest BCUT2D eigenvalue weighted by Crippen LogP contribution is 2.34. The lowest BCUT2D eigenvalue weighted by Crippen LogP contribution is -2.23. The molecule has 0 saturated heterocycles. The zero-order chi connectivity index (χ0) is 13.3. The monoisotopic (exact) mass is 328 g/mol. The number of hydrogen-bond donors (Lipinski definition) is 1. The Balaban J connectivity index is 2.53. The number of rotatable bonds is 2. The number of aliphatic hydroxyl groups is 1. The maximum atomic E-state index is 13.3. The lowest BCUT2D eigenvalue weighted by atomic mass is 9.88. The van der Waals surface area contributed by atoms with Gasteiger partial charge in [0.05, 0.1) is 0 Å². The number of halogens is 3. The second kappa shape index (κ2) is 5.00. The fourth-order valence-electron chi connectivity index (χ4n) is 1.80. The highest BCUT2D eigenvalue weighted by atomic mass is 79.9. The molecule has 0 amide bonds. The van der Waals surface area contributed by atoms with Crippen LogP contribution in [0.2, 0.25) is 5.02 Å². The fourth-order valence-corrected chi connectivity index (χ4v) is 2.37. The lowest BCUT2D eigenvalue weighted by Gasteiger charge is -2.25. The van der Waals surface area contributed by atoms with Crippen LogP contribution in [0.4, 0.5) is 4.39 Å². The molecule has 1 atom stereocenters. The van der Waals surface area contributed by atoms with Gasteiger partial charge < -0.3 is 5.11 Å². The highest BCUT2D eigenvalue weighted by Gasteiger charge is 2.28. The molecule has 0 aliphatic carbocycles. The molecule has 2 rings (SSSR count). The fraction of sp³-hybridized carbons (Fsp3) is 0.143. The van der Waals surface area contributed by atoms with Gasteiger partial charge in [-0.25, -0.2) is 4.39 Å². The molecule has 0 fully saturated rings. The van der Waals surface area contributed by atoms with Crippen molar-refractivity contribution in [3.05, 3.63) is 68.9 Å². The predicted molar refractivity (Wildman–Crippen MR) is 74.2 cm³/mol. The minimum absolute atomic E-state index is 0.337. The van der Waals surface area contributed by atoms with E-state index in [1.54, 1.807) is 19.1 Å². The minimum atomic E-state index is -1.33. The van der Waals surface area contributed by atoms with Gasteiger partial charge in [-0.15, -0.1) is 0 Å². The third kappa shape index (κ3) is 2.58. The topological polar surface area (TPSA) is 20.2 Å². The van der Waals surface area contributed by atoms with E-state index in [0.717, 1.165) is 4.47 Å². The first-order valence-corrected chi connectivity index (χ1v) is 6.52. The Bertz CT molecular complexity index is 567. The number of hydrogen-bond acceptors (Lipinski definition) is 1. The van der Waals surface area contributed by atoms with Gasteiger partial charge in [-0.1, -0.05) is 39.7 Å². The van der Waals surface area contributed by atoms with E-state index in [4.69, 9.17) is 11.6 Å². The first-order valence-electron chi connectivity index (χ1n) is 5.35. The Hall–Kier alpha value is -0.900. The quantitative estimate of drug-likeness (QED) is 0.860. The first kappa shape index (κ1) is 13.5. The second-order valence-electron chi connectivity index (χ2n) is 4.20. The normalized spacial score (nSPS) is 14.3. The predicted octanol–water partition coefficient (Wildman–Crippen LogP) is 4.50. The van der Waals surface area contributed by atoms with Gasteiger partial charge >= 0.3 is 0 Å². The molecule has 18 heavy (non-hydrogen) atoms. The van der Waals surface area contributed by atoms with Crippen molar-refractivity contribution < 1.29 is 9.50 Å². The summed E-state index contributed by atoms with van der Waals surface area (Å²) in [5.41, 5.74) is -0.329. The molecule has 0 heterocycles. The Morgan fingerprint density at radius 1 is 1.17 bits per heavy atom. The van der Waals surface area contributed by atoms with Crippen molar-refractivity contribution in [2.45, 2.75) is 12.5 Å². The van der Waals surface area contributed by atoms with Crippen LogP contribution in [0.25, 0.3) is 0 Å². The van der Waals surface area contributed by atoms with Crippen LogP contribution < -0.4 is 0 Å². The van der Waals surface area contributed by atoms with E-state index in [-0.39, 0.29) is 0 Å². The summed E-state index contributed by atoms with van der Waals surface area (Å²) < 4.78 is 14.2. The van der Waals surface area contributed by atoms with Crippen molar-refractivity contribution in [1.29, 1.82) is 0 Å². The molecular formula is C14H11BrClFO. The maximum Gasteiger partial charge on any atom is 0.123 e. The largest absolute Gasteiger partial charge is 0.381 e. The van der Waals surface area contributed by atoms with E-state index >= 15 is 0 Å². The maximum absolute atomic E-state index is 13.3. The molecule has 0 saturated carbocycles. The summed E-state index contributed by atoms with van der Waals surface area (Å²) in [6.45, 7) is 1.59. The van der Waals surface area contributed by atoms with Crippen molar-refractivity contribution in [2.24, 2.45) is 0 Å². The summed E-state index contributed by atoms with van der Waals surface area (Å²) in [5.74, 6) is -0.424. The summed E-state index contributed by atoms with van der Waals surface area (Å²) in [4.78, 5) is 0. The highest BCUT2D eigenvalue weighted by molar-refractivity contribution is 9.10. The van der Waals surface area contributed by atoms with Gasteiger partial charge in [0.1, 0.15) is 11.4 Å². The van der Waals surface area contributed by atoms with Crippen molar-refractivity contribution >= 4 is 27.5 Å². The Morgan fingerprint density at radius 3 is 2.39 bits per heavy atom. The van der Waals surface area contributed by atoms with E-state index < -0.39 is 11.4 Å². The van der Waals surface area contributed by atoms with Crippen molar-refractivity contribution in [2.75, 3.05) is 0 Å². The van der Waals surface area contributed by atoms with Gasteiger partial charge in [-0.2, -0.15) is 0 Å². The zero-order valence-electron chi connectivity index (χ0n) is 9.62.